The van der Waals surface area contributed by atoms with E-state index in [-0.39, 0.29) is 12.6 Å². The highest BCUT2D eigenvalue weighted by atomic mass is 16.5. The van der Waals surface area contributed by atoms with E-state index in [4.69, 9.17) is 15.0 Å². The molecule has 1 aliphatic carbocycles. The molecular formula is C15H19N3O2. The first kappa shape index (κ1) is 13.1. The Hall–Kier alpha value is -1.88. The van der Waals surface area contributed by atoms with Crippen LogP contribution in [0.3, 0.4) is 0 Å². The Morgan fingerprint density at radius 2 is 2.25 bits per heavy atom. The van der Waals surface area contributed by atoms with Crippen LogP contribution in [0.25, 0.3) is 0 Å². The second-order valence-electron chi connectivity index (χ2n) is 5.44. The Balaban J connectivity index is 1.71. The molecule has 0 radical (unpaired) electrons. The molecule has 5 heteroatoms. The van der Waals surface area contributed by atoms with Crippen LogP contribution in [0, 0.1) is 6.92 Å². The van der Waals surface area contributed by atoms with E-state index in [0.717, 1.165) is 35.5 Å². The van der Waals surface area contributed by atoms with Crippen molar-refractivity contribution in [3.05, 3.63) is 41.0 Å². The molecule has 1 aromatic heterocycles. The fraction of sp³-hybridized carbons (Fsp3) is 0.467. The molecule has 20 heavy (non-hydrogen) atoms. The van der Waals surface area contributed by atoms with E-state index in [1.807, 2.05) is 32.0 Å². The number of nitrogens with two attached hydrogens (primary N) is 1. The van der Waals surface area contributed by atoms with Gasteiger partial charge in [0.15, 0.2) is 12.4 Å². The van der Waals surface area contributed by atoms with Gasteiger partial charge in [0.05, 0.1) is 0 Å². The topological polar surface area (TPSA) is 74.2 Å². The van der Waals surface area contributed by atoms with E-state index >= 15 is 0 Å². The molecule has 1 atom stereocenters. The van der Waals surface area contributed by atoms with Gasteiger partial charge < -0.3 is 15.0 Å². The van der Waals surface area contributed by atoms with Gasteiger partial charge in [-0.1, -0.05) is 17.3 Å². The van der Waals surface area contributed by atoms with Gasteiger partial charge in [-0.25, -0.2) is 0 Å². The predicted octanol–water partition coefficient (Wildman–Crippen LogP) is 2.85. The number of ether oxygens (including phenoxy) is 1. The maximum absolute atomic E-state index is 5.95. The molecule has 0 unspecified atom stereocenters. The van der Waals surface area contributed by atoms with Gasteiger partial charge in [-0.15, -0.1) is 0 Å². The zero-order valence-electron chi connectivity index (χ0n) is 11.8. The van der Waals surface area contributed by atoms with Crippen LogP contribution < -0.4 is 10.5 Å². The highest BCUT2D eigenvalue weighted by Gasteiger charge is 2.28. The van der Waals surface area contributed by atoms with Crippen LogP contribution in [0.2, 0.25) is 0 Å². The normalized spacial score (nSPS) is 16.1. The lowest BCUT2D eigenvalue weighted by molar-refractivity contribution is 0.240. The first-order chi connectivity index (χ1) is 9.63. The van der Waals surface area contributed by atoms with E-state index in [2.05, 4.69) is 10.1 Å². The number of benzene rings is 1. The van der Waals surface area contributed by atoms with Gasteiger partial charge >= 0.3 is 0 Å². The maximum Gasteiger partial charge on any atom is 0.264 e. The lowest BCUT2D eigenvalue weighted by Crippen LogP contribution is -2.08. The molecule has 1 heterocycles. The van der Waals surface area contributed by atoms with Gasteiger partial charge in [0.2, 0.25) is 0 Å². The van der Waals surface area contributed by atoms with Crippen molar-refractivity contribution in [3.8, 4) is 5.75 Å². The Bertz CT molecular complexity index is 603. The highest BCUT2D eigenvalue weighted by molar-refractivity contribution is 5.38. The summed E-state index contributed by atoms with van der Waals surface area (Å²) < 4.78 is 11.0. The molecule has 0 saturated heterocycles. The van der Waals surface area contributed by atoms with Crippen LogP contribution in [-0.2, 0) is 6.61 Å². The Morgan fingerprint density at radius 3 is 2.95 bits per heavy atom. The van der Waals surface area contributed by atoms with E-state index < -0.39 is 0 Å². The molecule has 5 nitrogen and oxygen atoms in total. The quantitative estimate of drug-likeness (QED) is 0.906. The number of hydrogen-bond donors (Lipinski definition) is 1. The molecule has 106 valence electrons. The van der Waals surface area contributed by atoms with Crippen LogP contribution in [-0.4, -0.2) is 10.1 Å². The van der Waals surface area contributed by atoms with Gasteiger partial charge in [0.1, 0.15) is 5.75 Å². The molecule has 1 saturated carbocycles. The van der Waals surface area contributed by atoms with Crippen molar-refractivity contribution in [2.75, 3.05) is 0 Å². The fourth-order valence-corrected chi connectivity index (χ4v) is 2.12. The predicted molar refractivity (Wildman–Crippen MR) is 74.4 cm³/mol. The zero-order valence-corrected chi connectivity index (χ0v) is 11.8. The molecule has 1 fully saturated rings. The smallest absolute Gasteiger partial charge is 0.264 e. The van der Waals surface area contributed by atoms with E-state index in [9.17, 15) is 0 Å². The summed E-state index contributed by atoms with van der Waals surface area (Å²) in [6, 6.07) is 5.94. The number of aryl methyl sites for hydroxylation is 1. The van der Waals surface area contributed by atoms with E-state index in [1.54, 1.807) is 0 Å². The lowest BCUT2D eigenvalue weighted by atomic mass is 10.1. The number of aromatic nitrogens is 2. The van der Waals surface area contributed by atoms with Gasteiger partial charge in [0.25, 0.3) is 5.89 Å². The minimum absolute atomic E-state index is 0.0738. The highest BCUT2D eigenvalue weighted by Crippen LogP contribution is 2.38. The summed E-state index contributed by atoms with van der Waals surface area (Å²) in [5.74, 6) is 2.60. The summed E-state index contributed by atoms with van der Waals surface area (Å²) in [5.41, 5.74) is 8.07. The minimum Gasteiger partial charge on any atom is -0.483 e. The number of rotatable bonds is 5. The van der Waals surface area contributed by atoms with Gasteiger partial charge in [-0.3, -0.25) is 0 Å². The second-order valence-corrected chi connectivity index (χ2v) is 5.44. The minimum atomic E-state index is -0.0738. The summed E-state index contributed by atoms with van der Waals surface area (Å²) in [6.07, 6.45) is 2.32. The molecule has 2 aromatic rings. The molecule has 1 aliphatic rings. The standard InChI is InChI=1S/C15H19N3O2/c1-9-3-6-12(10(2)16)13(7-9)19-8-14-17-15(18-20-14)11-4-5-11/h3,6-7,10-11H,4-5,8,16H2,1-2H3/t10-/m0/s1. The monoisotopic (exact) mass is 273 g/mol. The molecule has 2 N–H and O–H groups in total. The fourth-order valence-electron chi connectivity index (χ4n) is 2.12. The average molecular weight is 273 g/mol. The molecule has 0 amide bonds. The van der Waals surface area contributed by atoms with E-state index in [0.29, 0.717) is 11.8 Å². The number of hydrogen-bond acceptors (Lipinski definition) is 5. The summed E-state index contributed by atoms with van der Waals surface area (Å²) in [5, 5.41) is 3.97. The summed E-state index contributed by atoms with van der Waals surface area (Å²) >= 11 is 0. The van der Waals surface area contributed by atoms with Crippen molar-refractivity contribution in [2.45, 2.75) is 45.3 Å². The maximum atomic E-state index is 5.95. The zero-order chi connectivity index (χ0) is 14.1. The Morgan fingerprint density at radius 1 is 1.45 bits per heavy atom. The SMILES string of the molecule is Cc1ccc([C@H](C)N)c(OCc2nc(C3CC3)no2)c1. The van der Waals surface area contributed by atoms with Crippen LogP contribution in [0.4, 0.5) is 0 Å². The first-order valence-corrected chi connectivity index (χ1v) is 6.95. The summed E-state index contributed by atoms with van der Waals surface area (Å²) in [6.45, 7) is 4.24. The largest absolute Gasteiger partial charge is 0.483 e. The molecule has 0 bridgehead atoms. The van der Waals surface area contributed by atoms with Crippen LogP contribution in [0.1, 0.15) is 54.6 Å². The first-order valence-electron chi connectivity index (χ1n) is 6.95. The van der Waals surface area contributed by atoms with Crippen LogP contribution in [0.15, 0.2) is 22.7 Å². The third kappa shape index (κ3) is 2.82. The van der Waals surface area contributed by atoms with Crippen molar-refractivity contribution >= 4 is 0 Å². The molecule has 0 aliphatic heterocycles. The lowest BCUT2D eigenvalue weighted by Gasteiger charge is -2.13. The van der Waals surface area contributed by atoms with Crippen molar-refractivity contribution in [1.82, 2.24) is 10.1 Å². The summed E-state index contributed by atoms with van der Waals surface area (Å²) in [7, 11) is 0. The average Bonchev–Trinajstić information content (AvgIpc) is 3.15. The van der Waals surface area contributed by atoms with Crippen molar-refractivity contribution in [2.24, 2.45) is 5.73 Å². The van der Waals surface area contributed by atoms with Gasteiger partial charge in [-0.05, 0) is 38.3 Å². The van der Waals surface area contributed by atoms with Gasteiger partial charge in [-0.2, -0.15) is 4.98 Å². The van der Waals surface area contributed by atoms with Gasteiger partial charge in [0, 0.05) is 17.5 Å². The molecule has 0 spiro atoms. The second kappa shape index (κ2) is 5.25. The molecule has 3 rings (SSSR count). The molecular weight excluding hydrogens is 254 g/mol. The van der Waals surface area contributed by atoms with E-state index in [1.165, 1.54) is 0 Å². The third-order valence-electron chi connectivity index (χ3n) is 3.44. The van der Waals surface area contributed by atoms with Crippen LogP contribution in [0.5, 0.6) is 5.75 Å². The molecule has 1 aromatic carbocycles. The van der Waals surface area contributed by atoms with Crippen LogP contribution >= 0.6 is 0 Å². The third-order valence-corrected chi connectivity index (χ3v) is 3.44. The Kier molecular flexibility index (Phi) is 3.44. The van der Waals surface area contributed by atoms with Crippen molar-refractivity contribution in [1.29, 1.82) is 0 Å². The van der Waals surface area contributed by atoms with Crippen molar-refractivity contribution < 1.29 is 9.26 Å². The number of nitrogens with zero attached hydrogens (tertiary/aromatic N) is 2. The van der Waals surface area contributed by atoms with Crippen molar-refractivity contribution in [3.63, 3.8) is 0 Å². The Labute approximate surface area is 118 Å². The summed E-state index contributed by atoms with van der Waals surface area (Å²) in [4.78, 5) is 4.35.